The minimum absolute atomic E-state index is 0.00309. The highest BCUT2D eigenvalue weighted by molar-refractivity contribution is 8.77. The van der Waals surface area contributed by atoms with Gasteiger partial charge < -0.3 is 64.6 Å². The smallest absolute Gasteiger partial charge is 0.306 e. The van der Waals surface area contributed by atoms with Crippen molar-refractivity contribution in [2.24, 2.45) is 35.0 Å². The quantitative estimate of drug-likeness (QED) is 0.104. The number of hydrogen-bond acceptors (Lipinski definition) is 16. The molecular formula is C49H72N2O12S2. The van der Waals surface area contributed by atoms with Gasteiger partial charge in [-0.2, -0.15) is 0 Å². The third-order valence-electron chi connectivity index (χ3n) is 17.0. The van der Waals surface area contributed by atoms with Crippen molar-refractivity contribution in [3.8, 4) is 11.5 Å². The largest absolute Gasteiger partial charge is 0.485 e. The number of hydrogen-bond donors (Lipinski definition) is 8. The Bertz CT molecular complexity index is 2040. The number of allylic oxidation sites excluding steroid dienone is 1. The molecule has 8 N–H and O–H groups in total. The molecule has 16 heteroatoms. The summed E-state index contributed by atoms with van der Waals surface area (Å²) in [6, 6.07) is 3.75. The Morgan fingerprint density at radius 1 is 1.05 bits per heavy atom. The summed E-state index contributed by atoms with van der Waals surface area (Å²) in [4.78, 5) is 12.9. The Morgan fingerprint density at radius 2 is 1.89 bits per heavy atom. The van der Waals surface area contributed by atoms with Gasteiger partial charge in [0.1, 0.15) is 23.9 Å². The predicted molar refractivity (Wildman–Crippen MR) is 248 cm³/mol. The molecule has 3 aliphatic heterocycles. The van der Waals surface area contributed by atoms with Crippen molar-refractivity contribution < 1.29 is 58.8 Å². The zero-order valence-corrected chi connectivity index (χ0v) is 39.9. The number of nitrogens with one attached hydrogen (secondary N) is 2. The lowest BCUT2D eigenvalue weighted by Gasteiger charge is -2.67. The van der Waals surface area contributed by atoms with Gasteiger partial charge in [-0.05, 0) is 132 Å². The number of furan rings is 1. The van der Waals surface area contributed by atoms with Crippen LogP contribution in [0.3, 0.4) is 0 Å². The molecule has 5 bridgehead atoms. The summed E-state index contributed by atoms with van der Waals surface area (Å²) in [6.45, 7) is 5.43. The third-order valence-corrected chi connectivity index (χ3v) is 20.3. The molecule has 15 atom stereocenters. The maximum Gasteiger partial charge on any atom is 0.306 e. The van der Waals surface area contributed by atoms with E-state index in [4.69, 9.17) is 23.4 Å². The Morgan fingerprint density at radius 3 is 2.69 bits per heavy atom. The van der Waals surface area contributed by atoms with E-state index in [9.17, 15) is 35.4 Å². The minimum atomic E-state index is -2.45. The van der Waals surface area contributed by atoms with Crippen LogP contribution in [0.2, 0.25) is 0 Å². The molecule has 14 nitrogen and oxygen atoms in total. The summed E-state index contributed by atoms with van der Waals surface area (Å²) in [5.74, 6) is -1.72. The molecule has 3 spiro atoms. The molecule has 3 saturated carbocycles. The monoisotopic (exact) mass is 944 g/mol. The van der Waals surface area contributed by atoms with Gasteiger partial charge in [-0.3, -0.25) is 4.79 Å². The molecule has 362 valence electrons. The van der Waals surface area contributed by atoms with Gasteiger partial charge in [-0.25, -0.2) is 0 Å². The van der Waals surface area contributed by atoms with Gasteiger partial charge >= 0.3 is 5.97 Å². The first-order valence-electron chi connectivity index (χ1n) is 24.4. The number of aryl methyl sites for hydroxylation is 1. The van der Waals surface area contributed by atoms with Crippen molar-refractivity contribution in [2.45, 2.75) is 156 Å². The Kier molecular flexibility index (Phi) is 14.0. The highest BCUT2D eigenvalue weighted by Crippen LogP contribution is 2.65. The van der Waals surface area contributed by atoms with Gasteiger partial charge in [-0.15, -0.1) is 0 Å². The van der Waals surface area contributed by atoms with E-state index in [0.29, 0.717) is 41.3 Å². The van der Waals surface area contributed by atoms with Crippen molar-refractivity contribution in [3.05, 3.63) is 36.1 Å². The standard InChI is InChI=1S/C49H72N2O12S2/c1-4-59-38(55)13-10-31-22-32-15-20-60-40(32)42-41(31)62-44-49(58)39-33(9-11-35(53)34(39)26-52)24-47(57,43(49)56)48(63-44)28-64-65-46(18-17-45(27-46)16-14-30(23-45)25-50-3)36(51-19-21-61-42)12-8-29(2)6-5-7-37(48)54/h9,11,15,20,22,29-30,33-37,39,43-44,50-54,56-58H,4-8,10,12-14,16-19,21,23-28H2,1-3H3/t29-,30+,33+,34-,35+,36-,37+,39-,43+,44-,45+,46+,47+,48-,49-/m1/s1. The van der Waals surface area contributed by atoms with Crippen LogP contribution in [-0.2, 0) is 20.7 Å². The van der Waals surface area contributed by atoms with Crippen molar-refractivity contribution in [2.75, 3.05) is 45.7 Å². The first-order chi connectivity index (χ1) is 31.2. The Balaban J connectivity index is 1.22. The molecule has 1 aromatic heterocycles. The van der Waals surface area contributed by atoms with Crippen LogP contribution < -0.4 is 20.1 Å². The number of rotatable bonds is 7. The van der Waals surface area contributed by atoms with Crippen LogP contribution in [0.15, 0.2) is 35.0 Å². The van der Waals surface area contributed by atoms with Gasteiger partial charge in [0.25, 0.3) is 0 Å². The molecule has 1 aromatic carbocycles. The molecule has 0 amide bonds. The van der Waals surface area contributed by atoms with E-state index in [-0.39, 0.29) is 72.4 Å². The molecule has 4 aliphatic carbocycles. The topological polar surface area (TPSA) is 213 Å². The van der Waals surface area contributed by atoms with E-state index in [1.54, 1.807) is 42.2 Å². The summed E-state index contributed by atoms with van der Waals surface area (Å²) < 4.78 is 32.3. The van der Waals surface area contributed by atoms with Crippen molar-refractivity contribution in [1.29, 1.82) is 0 Å². The van der Waals surface area contributed by atoms with Crippen molar-refractivity contribution in [1.82, 2.24) is 10.6 Å². The number of carbonyl (C=O) groups excluding carboxylic acids is 1. The number of ether oxygens (including phenoxy) is 4. The van der Waals surface area contributed by atoms with Crippen molar-refractivity contribution in [3.63, 3.8) is 0 Å². The first-order valence-corrected chi connectivity index (χ1v) is 26.7. The fourth-order valence-corrected chi connectivity index (χ4v) is 17.7. The molecule has 7 aliphatic rings. The number of esters is 1. The second-order valence-electron chi connectivity index (χ2n) is 20.9. The highest BCUT2D eigenvalue weighted by Gasteiger charge is 2.78. The first kappa shape index (κ1) is 48.0. The molecule has 0 radical (unpaired) electrons. The normalized spacial score (nSPS) is 43.2. The van der Waals surface area contributed by atoms with E-state index < -0.39 is 71.7 Å². The van der Waals surface area contributed by atoms with Gasteiger partial charge in [0, 0.05) is 53.3 Å². The number of benzene rings is 1. The maximum atomic E-state index is 13.5. The third kappa shape index (κ3) is 8.37. The van der Waals surface area contributed by atoms with Gasteiger partial charge in [0.05, 0.1) is 25.1 Å². The fourth-order valence-electron chi connectivity index (χ4n) is 13.7. The van der Waals surface area contributed by atoms with Crippen LogP contribution >= 0.6 is 21.6 Å². The molecule has 9 rings (SSSR count). The number of carbonyl (C=O) groups is 1. The summed E-state index contributed by atoms with van der Waals surface area (Å²) in [5, 5.41) is 83.1. The van der Waals surface area contributed by atoms with Crippen LogP contribution in [-0.4, -0.2) is 135 Å². The molecule has 2 aromatic rings. The average molecular weight is 945 g/mol. The SMILES string of the molecule is CCOC(=O)CCc1cc2ccoc2c2c1O[C@@H]1O[C@@]3(CSS[C@]4(CC[C@]5(CC[C@H](CNC)C5)C4)[C@@H](CC[C@H](C)CCC[C@@H]3O)NCCO2)[C@]2(O)C[C@@H]3C=C[C@H](O)[C@@H](CO)[C@@H]3[C@@]1(O)[C@H]2O. The summed E-state index contributed by atoms with van der Waals surface area (Å²) >= 11 is 0. The molecular weight excluding hydrogens is 873 g/mol. The molecule has 0 unspecified atom stereocenters. The van der Waals surface area contributed by atoms with Gasteiger partial charge in [0.2, 0.25) is 12.0 Å². The van der Waals surface area contributed by atoms with E-state index in [1.807, 2.05) is 23.9 Å². The van der Waals surface area contributed by atoms with Crippen LogP contribution in [0.1, 0.15) is 103 Å². The lowest BCUT2D eigenvalue weighted by molar-refractivity contribution is -0.424. The van der Waals surface area contributed by atoms with Crippen molar-refractivity contribution >= 4 is 38.5 Å². The van der Waals surface area contributed by atoms with Crippen LogP contribution in [0.5, 0.6) is 11.5 Å². The van der Waals surface area contributed by atoms with Gasteiger partial charge in [0.15, 0.2) is 16.9 Å². The summed E-state index contributed by atoms with van der Waals surface area (Å²) in [7, 11) is 5.43. The summed E-state index contributed by atoms with van der Waals surface area (Å²) in [6.07, 6.45) is 9.09. The van der Waals surface area contributed by atoms with Gasteiger partial charge in [-0.1, -0.05) is 53.5 Å². The lowest BCUT2D eigenvalue weighted by atomic mass is 9.50. The van der Waals surface area contributed by atoms with E-state index >= 15 is 0 Å². The molecule has 4 heterocycles. The van der Waals surface area contributed by atoms with Crippen LogP contribution in [0, 0.1) is 35.0 Å². The highest BCUT2D eigenvalue weighted by atomic mass is 33.1. The van der Waals surface area contributed by atoms with E-state index in [0.717, 1.165) is 45.1 Å². The number of aliphatic hydroxyl groups is 6. The Hall–Kier alpha value is -2.09. The number of aliphatic hydroxyl groups excluding tert-OH is 4. The molecule has 65 heavy (non-hydrogen) atoms. The van der Waals surface area contributed by atoms with E-state index in [1.165, 1.54) is 19.3 Å². The van der Waals surface area contributed by atoms with E-state index in [2.05, 4.69) is 17.6 Å². The van der Waals surface area contributed by atoms with Crippen LogP contribution in [0.4, 0.5) is 0 Å². The summed E-state index contributed by atoms with van der Waals surface area (Å²) in [5.41, 5.74) is -5.44. The second kappa shape index (κ2) is 19.0. The Labute approximate surface area is 390 Å². The maximum absolute atomic E-state index is 13.5. The second-order valence-corrected chi connectivity index (χ2v) is 23.6. The fraction of sp³-hybridized carbons (Fsp3) is 0.776. The van der Waals surface area contributed by atoms with Crippen LogP contribution in [0.25, 0.3) is 11.0 Å². The zero-order valence-electron chi connectivity index (χ0n) is 38.3. The average Bonchev–Trinajstić information content (AvgIpc) is 4.02. The lowest BCUT2D eigenvalue weighted by Crippen LogP contribution is -2.86. The number of fused-ring (bicyclic) bond motifs is 11. The zero-order chi connectivity index (χ0) is 45.8. The molecule has 2 saturated heterocycles. The predicted octanol–water partition coefficient (Wildman–Crippen LogP) is 5.02. The minimum Gasteiger partial charge on any atom is -0.485 e. The molecule has 5 fully saturated rings.